The van der Waals surface area contributed by atoms with Gasteiger partial charge in [0.2, 0.25) is 10.0 Å². The van der Waals surface area contributed by atoms with E-state index in [9.17, 15) is 13.2 Å². The number of sulfonamides is 1. The van der Waals surface area contributed by atoms with Crippen molar-refractivity contribution >= 4 is 45.3 Å². The lowest BCUT2D eigenvalue weighted by Crippen LogP contribution is -2.39. The Bertz CT molecular complexity index is 1240. The second-order valence-corrected chi connectivity index (χ2v) is 10.8. The summed E-state index contributed by atoms with van der Waals surface area (Å²) in [7, 11) is -3.98. The number of halogens is 2. The molecule has 3 aromatic rings. The molecule has 1 N–H and O–H groups in total. The van der Waals surface area contributed by atoms with Gasteiger partial charge in [0.05, 0.1) is 17.7 Å². The van der Waals surface area contributed by atoms with Gasteiger partial charge in [-0.05, 0) is 59.0 Å². The number of hydrogen-bond donors (Lipinski definition) is 1. The number of hydrazone groups is 1. The van der Waals surface area contributed by atoms with Crippen molar-refractivity contribution in [2.45, 2.75) is 31.2 Å². The normalized spacial score (nSPS) is 11.9. The molecule has 0 saturated carbocycles. The lowest BCUT2D eigenvalue weighted by Gasteiger charge is -2.21. The van der Waals surface area contributed by atoms with Crippen LogP contribution >= 0.6 is 23.2 Å². The van der Waals surface area contributed by atoms with Crippen LogP contribution in [0.5, 0.6) is 0 Å². The molecule has 0 bridgehead atoms. The van der Waals surface area contributed by atoms with Gasteiger partial charge in [-0.2, -0.15) is 9.41 Å². The highest BCUT2D eigenvalue weighted by molar-refractivity contribution is 7.89. The molecule has 6 nitrogen and oxygen atoms in total. The van der Waals surface area contributed by atoms with Crippen LogP contribution in [0.4, 0.5) is 0 Å². The van der Waals surface area contributed by atoms with Gasteiger partial charge in [0.1, 0.15) is 0 Å². The van der Waals surface area contributed by atoms with Gasteiger partial charge in [0, 0.05) is 16.6 Å². The maximum Gasteiger partial charge on any atom is 0.255 e. The van der Waals surface area contributed by atoms with Crippen molar-refractivity contribution in [1.29, 1.82) is 0 Å². The first kappa shape index (κ1) is 25.9. The van der Waals surface area contributed by atoms with Crippen LogP contribution in [0.3, 0.4) is 0 Å². The number of carbonyl (C=O) groups excluding carboxylic acids is 1. The molecular weight excluding hydrogens is 493 g/mol. The Hall–Kier alpha value is -2.71. The van der Waals surface area contributed by atoms with Crippen LogP contribution in [0.25, 0.3) is 0 Å². The van der Waals surface area contributed by atoms with Gasteiger partial charge in [-0.25, -0.2) is 13.8 Å². The third-order valence-electron chi connectivity index (χ3n) is 5.05. The van der Waals surface area contributed by atoms with Gasteiger partial charge in [-0.3, -0.25) is 4.79 Å². The van der Waals surface area contributed by atoms with Crippen LogP contribution in [-0.4, -0.2) is 31.4 Å². The van der Waals surface area contributed by atoms with Gasteiger partial charge in [-0.15, -0.1) is 0 Å². The van der Waals surface area contributed by atoms with Crippen molar-refractivity contribution in [2.75, 3.05) is 6.54 Å². The summed E-state index contributed by atoms with van der Waals surface area (Å²) in [6.45, 7) is 3.78. The molecule has 0 aliphatic carbocycles. The predicted molar refractivity (Wildman–Crippen MR) is 137 cm³/mol. The third kappa shape index (κ3) is 7.14. The monoisotopic (exact) mass is 517 g/mol. The Kier molecular flexibility index (Phi) is 8.85. The number of carbonyl (C=O) groups is 1. The van der Waals surface area contributed by atoms with Crippen molar-refractivity contribution in [3.8, 4) is 0 Å². The predicted octanol–water partition coefficient (Wildman–Crippen LogP) is 5.46. The minimum atomic E-state index is -3.98. The summed E-state index contributed by atoms with van der Waals surface area (Å²) in [6.07, 6.45) is 1.51. The minimum absolute atomic E-state index is 0.0179. The largest absolute Gasteiger partial charge is 0.272 e. The second-order valence-electron chi connectivity index (χ2n) is 7.97. The van der Waals surface area contributed by atoms with E-state index < -0.39 is 22.5 Å². The first-order valence-electron chi connectivity index (χ1n) is 10.6. The summed E-state index contributed by atoms with van der Waals surface area (Å²) in [4.78, 5) is 12.6. The molecule has 0 aliphatic heterocycles. The number of nitrogens with zero attached hydrogens (tertiary/aromatic N) is 2. The fourth-order valence-corrected chi connectivity index (χ4v) is 4.75. The zero-order valence-corrected chi connectivity index (χ0v) is 21.1. The highest BCUT2D eigenvalue weighted by Crippen LogP contribution is 2.21. The number of rotatable bonds is 9. The molecule has 0 unspecified atom stereocenters. The summed E-state index contributed by atoms with van der Waals surface area (Å²) in [5.41, 5.74) is 5.11. The molecule has 0 saturated heterocycles. The van der Waals surface area contributed by atoms with Crippen molar-refractivity contribution in [1.82, 2.24) is 9.73 Å². The molecule has 9 heteroatoms. The van der Waals surface area contributed by atoms with Gasteiger partial charge in [0.25, 0.3) is 5.91 Å². The van der Waals surface area contributed by atoms with E-state index in [0.29, 0.717) is 21.5 Å². The van der Waals surface area contributed by atoms with E-state index in [1.54, 1.807) is 24.3 Å². The molecule has 3 rings (SSSR count). The van der Waals surface area contributed by atoms with E-state index in [0.717, 1.165) is 9.87 Å². The Morgan fingerprint density at radius 1 is 0.941 bits per heavy atom. The maximum absolute atomic E-state index is 13.3. The van der Waals surface area contributed by atoms with Crippen LogP contribution in [0.2, 0.25) is 10.0 Å². The van der Waals surface area contributed by atoms with Gasteiger partial charge in [0.15, 0.2) is 0 Å². The van der Waals surface area contributed by atoms with E-state index >= 15 is 0 Å². The Morgan fingerprint density at radius 3 is 2.06 bits per heavy atom. The zero-order valence-electron chi connectivity index (χ0n) is 18.8. The standard InChI is InChI=1S/C25H25Cl2N3O3S/c1-18(2)21-7-3-19(4-8-21)15-28-29-25(31)17-30(16-20-5-9-22(26)10-6-20)34(32,33)24-13-11-23(27)12-14-24/h3-15,18H,16-17H2,1-2H3,(H,29,31)/b28-15-. The highest BCUT2D eigenvalue weighted by Gasteiger charge is 2.27. The first-order chi connectivity index (χ1) is 16.1. The van der Waals surface area contributed by atoms with E-state index in [-0.39, 0.29) is 11.4 Å². The Balaban J connectivity index is 1.75. The quantitative estimate of drug-likeness (QED) is 0.302. The number of amides is 1. The second kappa shape index (κ2) is 11.6. The van der Waals surface area contributed by atoms with Crippen LogP contribution in [0, 0.1) is 0 Å². The lowest BCUT2D eigenvalue weighted by molar-refractivity contribution is -0.121. The Labute approximate surface area is 210 Å². The molecule has 0 aliphatic rings. The summed E-state index contributed by atoms with van der Waals surface area (Å²) < 4.78 is 27.6. The van der Waals surface area contributed by atoms with E-state index in [1.165, 1.54) is 36.0 Å². The number of hydrogen-bond acceptors (Lipinski definition) is 4. The fourth-order valence-electron chi connectivity index (χ4n) is 3.12. The SMILES string of the molecule is CC(C)c1ccc(/C=N\NC(=O)CN(Cc2ccc(Cl)cc2)S(=O)(=O)c2ccc(Cl)cc2)cc1. The van der Waals surface area contributed by atoms with Gasteiger partial charge < -0.3 is 0 Å². The molecule has 1 amide bonds. The number of nitrogens with one attached hydrogen (secondary N) is 1. The molecule has 3 aromatic carbocycles. The van der Waals surface area contributed by atoms with E-state index in [1.807, 2.05) is 24.3 Å². The topological polar surface area (TPSA) is 78.8 Å². The average Bonchev–Trinajstić information content (AvgIpc) is 2.80. The van der Waals surface area contributed by atoms with Crippen molar-refractivity contribution < 1.29 is 13.2 Å². The molecular formula is C25H25Cl2N3O3S. The Morgan fingerprint density at radius 2 is 1.50 bits per heavy atom. The molecule has 0 spiro atoms. The van der Waals surface area contributed by atoms with Crippen LogP contribution in [0.1, 0.15) is 36.5 Å². The van der Waals surface area contributed by atoms with Crippen molar-refractivity contribution in [2.24, 2.45) is 5.10 Å². The molecule has 178 valence electrons. The molecule has 0 fully saturated rings. The molecule has 0 radical (unpaired) electrons. The summed E-state index contributed by atoms with van der Waals surface area (Å²) in [5.74, 6) is -0.151. The summed E-state index contributed by atoms with van der Waals surface area (Å²) in [6, 6.07) is 20.4. The number of benzene rings is 3. The highest BCUT2D eigenvalue weighted by atomic mass is 35.5. The van der Waals surface area contributed by atoms with Crippen LogP contribution in [-0.2, 0) is 21.4 Å². The van der Waals surface area contributed by atoms with E-state index in [4.69, 9.17) is 23.2 Å². The van der Waals surface area contributed by atoms with E-state index in [2.05, 4.69) is 24.4 Å². The smallest absolute Gasteiger partial charge is 0.255 e. The molecule has 0 atom stereocenters. The van der Waals surface area contributed by atoms with Crippen LogP contribution < -0.4 is 5.43 Å². The molecule has 0 aromatic heterocycles. The zero-order chi connectivity index (χ0) is 24.7. The lowest BCUT2D eigenvalue weighted by atomic mass is 10.0. The first-order valence-corrected chi connectivity index (χ1v) is 12.8. The summed E-state index contributed by atoms with van der Waals surface area (Å²) in [5, 5.41) is 4.92. The molecule has 34 heavy (non-hydrogen) atoms. The average molecular weight is 518 g/mol. The van der Waals surface area contributed by atoms with Gasteiger partial charge in [-0.1, -0.05) is 73.4 Å². The van der Waals surface area contributed by atoms with Crippen LogP contribution in [0.15, 0.2) is 82.8 Å². The van der Waals surface area contributed by atoms with Crippen molar-refractivity contribution in [3.63, 3.8) is 0 Å². The third-order valence-corrected chi connectivity index (χ3v) is 7.36. The van der Waals surface area contributed by atoms with Gasteiger partial charge >= 0.3 is 0 Å². The maximum atomic E-state index is 13.3. The fraction of sp³-hybridized carbons (Fsp3) is 0.200. The summed E-state index contributed by atoms with van der Waals surface area (Å²) >= 11 is 11.8. The minimum Gasteiger partial charge on any atom is -0.272 e. The molecule has 0 heterocycles. The van der Waals surface area contributed by atoms with Crippen molar-refractivity contribution in [3.05, 3.63) is 99.5 Å².